The fourth-order valence-electron chi connectivity index (χ4n) is 3.49. The van der Waals surface area contributed by atoms with Crippen molar-refractivity contribution in [3.8, 4) is 0 Å². The van der Waals surface area contributed by atoms with Crippen LogP contribution in [0.25, 0.3) is 0 Å². The molecule has 0 aromatic rings. The number of carbonyl (C=O) groups is 2. The Hall–Kier alpha value is -1.26. The summed E-state index contributed by atoms with van der Waals surface area (Å²) in [6.07, 6.45) is 9.16. The maximum atomic E-state index is 12.3. The highest BCUT2D eigenvalue weighted by Gasteiger charge is 2.33. The van der Waals surface area contributed by atoms with E-state index >= 15 is 0 Å². The van der Waals surface area contributed by atoms with E-state index in [2.05, 4.69) is 5.32 Å². The Bertz CT molecular complexity index is 353. The molecular weight excluding hydrogens is 256 g/mol. The number of hydrogen-bond acceptors (Lipinski definition) is 2. The molecule has 0 radical (unpaired) electrons. The van der Waals surface area contributed by atoms with Gasteiger partial charge in [-0.1, -0.05) is 32.1 Å². The molecule has 2 fully saturated rings. The maximum absolute atomic E-state index is 12.3. The summed E-state index contributed by atoms with van der Waals surface area (Å²) in [5.41, 5.74) is 0. The van der Waals surface area contributed by atoms with E-state index in [1.165, 1.54) is 19.3 Å². The molecule has 2 saturated carbocycles. The molecule has 2 atom stereocenters. The Morgan fingerprint density at radius 3 is 2.25 bits per heavy atom. The number of carboxylic acid groups (broad SMARTS) is 1. The molecule has 20 heavy (non-hydrogen) atoms. The number of carboxylic acids is 1. The Morgan fingerprint density at radius 1 is 1.00 bits per heavy atom. The molecule has 0 aromatic heterocycles. The largest absolute Gasteiger partial charge is 0.481 e. The highest BCUT2D eigenvalue weighted by atomic mass is 16.4. The number of carbonyl (C=O) groups excluding carboxylic acids is 1. The molecule has 2 aliphatic rings. The predicted molar refractivity (Wildman–Crippen MR) is 76.5 cm³/mol. The third kappa shape index (κ3) is 3.64. The van der Waals surface area contributed by atoms with Gasteiger partial charge >= 0.3 is 12.0 Å². The van der Waals surface area contributed by atoms with Crippen LogP contribution >= 0.6 is 0 Å². The van der Waals surface area contributed by atoms with Gasteiger partial charge in [0.2, 0.25) is 0 Å². The molecule has 114 valence electrons. The standard InChI is InChI=1S/C15H26N2O3/c1-17(11-7-3-2-4-8-11)15(20)16-13-10-6-5-9-12(13)14(18)19/h11-13H,2-10H2,1H3,(H,16,20)(H,18,19). The summed E-state index contributed by atoms with van der Waals surface area (Å²) in [7, 11) is 1.84. The SMILES string of the molecule is CN(C(=O)NC1CCCCC1C(=O)O)C1CCCCC1. The van der Waals surface area contributed by atoms with E-state index in [-0.39, 0.29) is 12.1 Å². The molecule has 2 aliphatic carbocycles. The molecule has 0 aromatic carbocycles. The van der Waals surface area contributed by atoms with Gasteiger partial charge in [-0.3, -0.25) is 4.79 Å². The first-order valence-corrected chi connectivity index (χ1v) is 7.85. The Balaban J connectivity index is 1.89. The van der Waals surface area contributed by atoms with Crippen LogP contribution in [0.3, 0.4) is 0 Å². The molecule has 2 unspecified atom stereocenters. The van der Waals surface area contributed by atoms with Crippen molar-refractivity contribution in [3.05, 3.63) is 0 Å². The first-order chi connectivity index (χ1) is 9.59. The lowest BCUT2D eigenvalue weighted by molar-refractivity contribution is -0.143. The van der Waals surface area contributed by atoms with E-state index in [4.69, 9.17) is 0 Å². The molecule has 0 aliphatic heterocycles. The van der Waals surface area contributed by atoms with Crippen LogP contribution in [0.1, 0.15) is 57.8 Å². The van der Waals surface area contributed by atoms with Gasteiger partial charge in [0.05, 0.1) is 5.92 Å². The van der Waals surface area contributed by atoms with Gasteiger partial charge in [0.25, 0.3) is 0 Å². The first kappa shape index (κ1) is 15.1. The summed E-state index contributed by atoms with van der Waals surface area (Å²) in [6, 6.07) is 0.00505. The van der Waals surface area contributed by atoms with Crippen molar-refractivity contribution in [1.29, 1.82) is 0 Å². The zero-order chi connectivity index (χ0) is 14.5. The van der Waals surface area contributed by atoms with Gasteiger partial charge < -0.3 is 15.3 Å². The van der Waals surface area contributed by atoms with Crippen molar-refractivity contribution in [2.45, 2.75) is 69.9 Å². The van der Waals surface area contributed by atoms with Crippen molar-refractivity contribution in [2.75, 3.05) is 7.05 Å². The number of aliphatic carboxylic acids is 1. The Morgan fingerprint density at radius 2 is 1.60 bits per heavy atom. The molecule has 0 bridgehead atoms. The van der Waals surface area contributed by atoms with Crippen molar-refractivity contribution in [2.24, 2.45) is 5.92 Å². The van der Waals surface area contributed by atoms with E-state index in [0.29, 0.717) is 12.5 Å². The number of hydrogen-bond donors (Lipinski definition) is 2. The Kier molecular flexibility index (Phi) is 5.26. The van der Waals surface area contributed by atoms with Gasteiger partial charge in [0.15, 0.2) is 0 Å². The van der Waals surface area contributed by atoms with E-state index in [1.54, 1.807) is 4.90 Å². The average Bonchev–Trinajstić information content (AvgIpc) is 2.47. The van der Waals surface area contributed by atoms with Crippen LogP contribution in [0, 0.1) is 5.92 Å². The number of rotatable bonds is 3. The number of nitrogens with zero attached hydrogens (tertiary/aromatic N) is 1. The summed E-state index contributed by atoms with van der Waals surface area (Å²) >= 11 is 0. The van der Waals surface area contributed by atoms with Crippen LogP contribution in [0.15, 0.2) is 0 Å². The van der Waals surface area contributed by atoms with E-state index in [9.17, 15) is 14.7 Å². The molecule has 5 heteroatoms. The predicted octanol–water partition coefficient (Wildman–Crippen LogP) is 2.60. The summed E-state index contributed by atoms with van der Waals surface area (Å²) < 4.78 is 0. The van der Waals surface area contributed by atoms with Crippen LogP contribution in [0.4, 0.5) is 4.79 Å². The molecule has 2 N–H and O–H groups in total. The van der Waals surface area contributed by atoms with Crippen LogP contribution in [0.2, 0.25) is 0 Å². The van der Waals surface area contributed by atoms with Gasteiger partial charge in [-0.15, -0.1) is 0 Å². The second-order valence-electron chi connectivity index (χ2n) is 6.19. The van der Waals surface area contributed by atoms with Crippen molar-refractivity contribution in [3.63, 3.8) is 0 Å². The van der Waals surface area contributed by atoms with Crippen molar-refractivity contribution in [1.82, 2.24) is 10.2 Å². The molecule has 5 nitrogen and oxygen atoms in total. The van der Waals surface area contributed by atoms with Crippen molar-refractivity contribution >= 4 is 12.0 Å². The zero-order valence-electron chi connectivity index (χ0n) is 12.3. The summed E-state index contributed by atoms with van der Waals surface area (Å²) in [5.74, 6) is -1.21. The van der Waals surface area contributed by atoms with Gasteiger partial charge in [0.1, 0.15) is 0 Å². The fraction of sp³-hybridized carbons (Fsp3) is 0.867. The zero-order valence-corrected chi connectivity index (χ0v) is 12.3. The van der Waals surface area contributed by atoms with E-state index in [1.807, 2.05) is 7.05 Å². The van der Waals surface area contributed by atoms with E-state index in [0.717, 1.165) is 32.1 Å². The highest BCUT2D eigenvalue weighted by Crippen LogP contribution is 2.26. The highest BCUT2D eigenvalue weighted by molar-refractivity contribution is 5.77. The van der Waals surface area contributed by atoms with Crippen LogP contribution in [0.5, 0.6) is 0 Å². The monoisotopic (exact) mass is 282 g/mol. The van der Waals surface area contributed by atoms with E-state index < -0.39 is 11.9 Å². The fourth-order valence-corrected chi connectivity index (χ4v) is 3.49. The normalized spacial score (nSPS) is 27.9. The summed E-state index contributed by atoms with van der Waals surface area (Å²) in [4.78, 5) is 25.3. The van der Waals surface area contributed by atoms with Gasteiger partial charge in [0, 0.05) is 19.1 Å². The lowest BCUT2D eigenvalue weighted by atomic mass is 9.84. The smallest absolute Gasteiger partial charge is 0.317 e. The lowest BCUT2D eigenvalue weighted by Crippen LogP contribution is -2.51. The molecular formula is C15H26N2O3. The third-order valence-electron chi connectivity index (χ3n) is 4.83. The third-order valence-corrected chi connectivity index (χ3v) is 4.83. The summed E-state index contributed by atoms with van der Waals surface area (Å²) in [5, 5.41) is 12.2. The van der Waals surface area contributed by atoms with Gasteiger partial charge in [-0.05, 0) is 25.7 Å². The molecule has 0 spiro atoms. The minimum atomic E-state index is -0.782. The minimum Gasteiger partial charge on any atom is -0.481 e. The van der Waals surface area contributed by atoms with Crippen LogP contribution in [-0.4, -0.2) is 41.1 Å². The minimum absolute atomic E-state index is 0.102. The quantitative estimate of drug-likeness (QED) is 0.836. The molecule has 0 saturated heterocycles. The molecule has 2 amide bonds. The summed E-state index contributed by atoms with van der Waals surface area (Å²) in [6.45, 7) is 0. The van der Waals surface area contributed by atoms with Gasteiger partial charge in [-0.2, -0.15) is 0 Å². The second-order valence-corrected chi connectivity index (χ2v) is 6.19. The molecule has 0 heterocycles. The average molecular weight is 282 g/mol. The number of nitrogens with one attached hydrogen (secondary N) is 1. The second kappa shape index (κ2) is 6.95. The lowest BCUT2D eigenvalue weighted by Gasteiger charge is -2.35. The first-order valence-electron chi connectivity index (χ1n) is 7.85. The van der Waals surface area contributed by atoms with Crippen molar-refractivity contribution < 1.29 is 14.7 Å². The molecule has 2 rings (SSSR count). The van der Waals surface area contributed by atoms with Gasteiger partial charge in [-0.25, -0.2) is 4.79 Å². The maximum Gasteiger partial charge on any atom is 0.317 e. The van der Waals surface area contributed by atoms with Crippen LogP contribution < -0.4 is 5.32 Å². The number of urea groups is 1. The number of amides is 2. The topological polar surface area (TPSA) is 69.6 Å². The Labute approximate surface area is 120 Å². The van der Waals surface area contributed by atoms with Crippen LogP contribution in [-0.2, 0) is 4.79 Å².